The number of fused-ring (bicyclic) bond motifs is 1. The van der Waals surface area contributed by atoms with Crippen LogP contribution in [0.1, 0.15) is 40.7 Å². The molecule has 0 saturated carbocycles. The van der Waals surface area contributed by atoms with Crippen LogP contribution in [0, 0.1) is 13.8 Å². The van der Waals surface area contributed by atoms with Gasteiger partial charge in [0.2, 0.25) is 0 Å². The molecule has 3 nitrogen and oxygen atoms in total. The lowest BCUT2D eigenvalue weighted by Crippen LogP contribution is -2.17. The molecule has 2 rings (SSSR count). The first kappa shape index (κ1) is 13.4. The summed E-state index contributed by atoms with van der Waals surface area (Å²) < 4.78 is 5.62. The van der Waals surface area contributed by atoms with E-state index in [1.54, 1.807) is 14.2 Å². The van der Waals surface area contributed by atoms with Crippen molar-refractivity contribution in [1.29, 1.82) is 0 Å². The average Bonchev–Trinajstić information content (AvgIpc) is 2.41. The van der Waals surface area contributed by atoms with Crippen LogP contribution in [0.2, 0.25) is 0 Å². The smallest absolute Gasteiger partial charge is 0.126 e. The summed E-state index contributed by atoms with van der Waals surface area (Å²) in [6.45, 7) is 5.08. The van der Waals surface area contributed by atoms with E-state index in [0.717, 1.165) is 5.75 Å². The summed E-state index contributed by atoms with van der Waals surface area (Å²) >= 11 is 0. The first-order chi connectivity index (χ1) is 8.70. The van der Waals surface area contributed by atoms with Gasteiger partial charge in [0.1, 0.15) is 5.75 Å². The molecule has 1 aliphatic rings. The molecule has 0 spiro atoms. The van der Waals surface area contributed by atoms with Crippen LogP contribution >= 0.6 is 0 Å². The predicted molar refractivity (Wildman–Crippen MR) is 73.0 cm³/mol. The van der Waals surface area contributed by atoms with E-state index < -0.39 is 0 Å². The second-order valence-corrected chi connectivity index (χ2v) is 4.95. The van der Waals surface area contributed by atoms with Gasteiger partial charge in [-0.2, -0.15) is 5.48 Å². The van der Waals surface area contributed by atoms with Gasteiger partial charge in [0.05, 0.1) is 14.2 Å². The van der Waals surface area contributed by atoms with Gasteiger partial charge in [-0.15, -0.1) is 0 Å². The minimum Gasteiger partial charge on any atom is -0.496 e. The van der Waals surface area contributed by atoms with Crippen LogP contribution in [0.25, 0.3) is 0 Å². The van der Waals surface area contributed by atoms with E-state index in [1.807, 2.05) is 0 Å². The Balaban J connectivity index is 2.53. The molecule has 0 bridgehead atoms. The topological polar surface area (TPSA) is 30.5 Å². The fraction of sp³-hybridized carbons (Fsp3) is 0.600. The number of hydrogen-bond acceptors (Lipinski definition) is 3. The summed E-state index contributed by atoms with van der Waals surface area (Å²) in [6.07, 6.45) is 4.99. The third-order valence-corrected chi connectivity index (χ3v) is 4.04. The Morgan fingerprint density at radius 2 is 1.61 bits per heavy atom. The molecule has 0 radical (unpaired) electrons. The molecule has 1 aliphatic carbocycles. The van der Waals surface area contributed by atoms with E-state index in [2.05, 4.69) is 19.3 Å². The highest BCUT2D eigenvalue weighted by Gasteiger charge is 2.21. The molecule has 0 aromatic heterocycles. The normalized spacial score (nSPS) is 14.4. The molecule has 0 heterocycles. The molecular weight excluding hydrogens is 226 g/mol. The van der Waals surface area contributed by atoms with Crippen molar-refractivity contribution in [2.75, 3.05) is 14.2 Å². The third-order valence-electron chi connectivity index (χ3n) is 4.04. The first-order valence-electron chi connectivity index (χ1n) is 6.64. The molecule has 0 fully saturated rings. The molecule has 1 aromatic rings. The van der Waals surface area contributed by atoms with Crippen molar-refractivity contribution < 1.29 is 9.57 Å². The Hall–Kier alpha value is -1.06. The quantitative estimate of drug-likeness (QED) is 0.832. The van der Waals surface area contributed by atoms with Gasteiger partial charge in [0, 0.05) is 12.1 Å². The molecule has 0 unspecified atom stereocenters. The number of ether oxygens (including phenoxy) is 1. The summed E-state index contributed by atoms with van der Waals surface area (Å²) in [5.41, 5.74) is 9.90. The van der Waals surface area contributed by atoms with Crippen LogP contribution in [0.3, 0.4) is 0 Å². The van der Waals surface area contributed by atoms with Crippen molar-refractivity contribution in [3.05, 3.63) is 27.8 Å². The Kier molecular flexibility index (Phi) is 4.25. The highest BCUT2D eigenvalue weighted by atomic mass is 16.6. The minimum absolute atomic E-state index is 0.694. The van der Waals surface area contributed by atoms with Gasteiger partial charge >= 0.3 is 0 Å². The van der Waals surface area contributed by atoms with Crippen LogP contribution in [0.5, 0.6) is 5.75 Å². The third kappa shape index (κ3) is 2.25. The Bertz CT molecular complexity index is 441. The van der Waals surface area contributed by atoms with Gasteiger partial charge in [-0.05, 0) is 61.8 Å². The maximum atomic E-state index is 5.62. The van der Waals surface area contributed by atoms with Gasteiger partial charge in [-0.25, -0.2) is 0 Å². The first-order valence-corrected chi connectivity index (χ1v) is 6.64. The second-order valence-electron chi connectivity index (χ2n) is 4.95. The van der Waals surface area contributed by atoms with Crippen LogP contribution in [0.4, 0.5) is 0 Å². The highest BCUT2D eigenvalue weighted by Crippen LogP contribution is 2.37. The predicted octanol–water partition coefficient (Wildman–Crippen LogP) is 2.84. The zero-order chi connectivity index (χ0) is 13.1. The molecular formula is C15H23NO2. The fourth-order valence-electron chi connectivity index (χ4n) is 3.08. The lowest BCUT2D eigenvalue weighted by Gasteiger charge is -2.25. The van der Waals surface area contributed by atoms with Crippen LogP contribution in [0.15, 0.2) is 0 Å². The molecule has 0 aliphatic heterocycles. The van der Waals surface area contributed by atoms with E-state index >= 15 is 0 Å². The maximum absolute atomic E-state index is 5.62. The average molecular weight is 249 g/mol. The largest absolute Gasteiger partial charge is 0.496 e. The summed E-state index contributed by atoms with van der Waals surface area (Å²) in [7, 11) is 3.40. The van der Waals surface area contributed by atoms with E-state index in [9.17, 15) is 0 Å². The summed E-state index contributed by atoms with van der Waals surface area (Å²) in [6, 6.07) is 0. The van der Waals surface area contributed by atoms with Gasteiger partial charge in [-0.1, -0.05) is 0 Å². The number of methoxy groups -OCH3 is 1. The molecule has 0 atom stereocenters. The van der Waals surface area contributed by atoms with Gasteiger partial charge < -0.3 is 9.57 Å². The van der Waals surface area contributed by atoms with Crippen LogP contribution < -0.4 is 10.2 Å². The van der Waals surface area contributed by atoms with Crippen molar-refractivity contribution in [3.63, 3.8) is 0 Å². The summed E-state index contributed by atoms with van der Waals surface area (Å²) in [5, 5.41) is 0. The standard InChI is InChI=1S/C15H23NO2/c1-10-12-7-5-6-8-13(12)11(2)15(17-3)14(10)9-16-18-4/h16H,5-9H2,1-4H3. The summed E-state index contributed by atoms with van der Waals surface area (Å²) in [4.78, 5) is 4.98. The fourth-order valence-corrected chi connectivity index (χ4v) is 3.08. The van der Waals surface area contributed by atoms with Crippen molar-refractivity contribution in [1.82, 2.24) is 5.48 Å². The van der Waals surface area contributed by atoms with Crippen molar-refractivity contribution in [3.8, 4) is 5.75 Å². The minimum atomic E-state index is 0.694. The SMILES string of the molecule is CONCc1c(C)c2c(c(C)c1OC)CCCC2. The number of nitrogens with one attached hydrogen (secondary N) is 1. The van der Waals surface area contributed by atoms with E-state index in [-0.39, 0.29) is 0 Å². The zero-order valence-corrected chi connectivity index (χ0v) is 11.9. The molecule has 18 heavy (non-hydrogen) atoms. The highest BCUT2D eigenvalue weighted by molar-refractivity contribution is 5.55. The second kappa shape index (κ2) is 5.72. The molecule has 0 amide bonds. The van der Waals surface area contributed by atoms with E-state index in [1.165, 1.54) is 53.5 Å². The molecule has 3 heteroatoms. The van der Waals surface area contributed by atoms with Crippen LogP contribution in [-0.4, -0.2) is 14.2 Å². The van der Waals surface area contributed by atoms with E-state index in [0.29, 0.717) is 6.54 Å². The number of rotatable bonds is 4. The molecule has 1 N–H and O–H groups in total. The van der Waals surface area contributed by atoms with Crippen LogP contribution in [-0.2, 0) is 24.2 Å². The van der Waals surface area contributed by atoms with Gasteiger partial charge in [-0.3, -0.25) is 0 Å². The Morgan fingerprint density at radius 3 is 2.17 bits per heavy atom. The van der Waals surface area contributed by atoms with Crippen molar-refractivity contribution >= 4 is 0 Å². The Morgan fingerprint density at radius 1 is 1.00 bits per heavy atom. The van der Waals surface area contributed by atoms with Gasteiger partial charge in [0.25, 0.3) is 0 Å². The molecule has 1 aromatic carbocycles. The van der Waals surface area contributed by atoms with Crippen molar-refractivity contribution in [2.24, 2.45) is 0 Å². The monoisotopic (exact) mass is 249 g/mol. The summed E-state index contributed by atoms with van der Waals surface area (Å²) in [5.74, 6) is 1.03. The van der Waals surface area contributed by atoms with Gasteiger partial charge in [0.15, 0.2) is 0 Å². The zero-order valence-electron chi connectivity index (χ0n) is 11.9. The number of hydrogen-bond donors (Lipinski definition) is 1. The lowest BCUT2D eigenvalue weighted by atomic mass is 9.83. The van der Waals surface area contributed by atoms with Crippen molar-refractivity contribution in [2.45, 2.75) is 46.1 Å². The number of hydroxylamine groups is 1. The molecule has 0 saturated heterocycles. The maximum Gasteiger partial charge on any atom is 0.126 e. The number of benzene rings is 1. The molecule has 100 valence electrons. The van der Waals surface area contributed by atoms with E-state index in [4.69, 9.17) is 9.57 Å². The Labute approximate surface area is 109 Å². The lowest BCUT2D eigenvalue weighted by molar-refractivity contribution is 0.0859.